The SMILES string of the molecule is Cc1cc(C(C)C)nc(N(C)CC(C)Cl)n1. The van der Waals surface area contributed by atoms with E-state index in [0.29, 0.717) is 5.92 Å². The second kappa shape index (κ2) is 5.48. The number of hydrogen-bond donors (Lipinski definition) is 0. The quantitative estimate of drug-likeness (QED) is 0.759. The van der Waals surface area contributed by atoms with Crippen molar-refractivity contribution in [3.05, 3.63) is 17.5 Å². The van der Waals surface area contributed by atoms with Gasteiger partial charge in [0.15, 0.2) is 0 Å². The molecule has 4 heteroatoms. The summed E-state index contributed by atoms with van der Waals surface area (Å²) in [6.07, 6.45) is 0. The van der Waals surface area contributed by atoms with E-state index in [1.165, 1.54) is 0 Å². The van der Waals surface area contributed by atoms with Gasteiger partial charge in [0.05, 0.1) is 0 Å². The molecule has 1 rings (SSSR count). The first-order valence-corrected chi connectivity index (χ1v) is 6.04. The number of alkyl halides is 1. The van der Waals surface area contributed by atoms with Crippen LogP contribution in [0.3, 0.4) is 0 Å². The van der Waals surface area contributed by atoms with Gasteiger partial charge in [0, 0.05) is 30.4 Å². The van der Waals surface area contributed by atoms with Gasteiger partial charge in [-0.2, -0.15) is 0 Å². The molecule has 1 aromatic heterocycles. The van der Waals surface area contributed by atoms with Crippen molar-refractivity contribution in [2.24, 2.45) is 0 Å². The van der Waals surface area contributed by atoms with Crippen molar-refractivity contribution < 1.29 is 0 Å². The zero-order valence-electron chi connectivity index (χ0n) is 10.7. The smallest absolute Gasteiger partial charge is 0.225 e. The predicted octanol–water partition coefficient (Wildman–Crippen LogP) is 2.97. The highest BCUT2D eigenvalue weighted by Crippen LogP contribution is 2.16. The standard InChI is InChI=1S/C12H20ClN3/c1-8(2)11-6-10(4)14-12(15-11)16(5)7-9(3)13/h6,8-9H,7H2,1-5H3. The van der Waals surface area contributed by atoms with Crippen LogP contribution in [0.1, 0.15) is 38.1 Å². The van der Waals surface area contributed by atoms with Crippen LogP contribution >= 0.6 is 11.6 Å². The van der Waals surface area contributed by atoms with E-state index in [-0.39, 0.29) is 5.38 Å². The Bertz CT molecular complexity index is 350. The average Bonchev–Trinajstić information content (AvgIpc) is 2.15. The highest BCUT2D eigenvalue weighted by Gasteiger charge is 2.10. The highest BCUT2D eigenvalue weighted by molar-refractivity contribution is 6.20. The molecule has 0 spiro atoms. The number of aryl methyl sites for hydroxylation is 1. The van der Waals surface area contributed by atoms with Crippen LogP contribution in [-0.4, -0.2) is 28.9 Å². The van der Waals surface area contributed by atoms with Crippen LogP contribution in [0.15, 0.2) is 6.07 Å². The molecule has 1 aromatic rings. The van der Waals surface area contributed by atoms with Crippen molar-refractivity contribution in [1.29, 1.82) is 0 Å². The Balaban J connectivity index is 2.95. The van der Waals surface area contributed by atoms with Gasteiger partial charge in [-0.15, -0.1) is 11.6 Å². The summed E-state index contributed by atoms with van der Waals surface area (Å²) in [6, 6.07) is 2.03. The summed E-state index contributed by atoms with van der Waals surface area (Å²) < 4.78 is 0. The minimum Gasteiger partial charge on any atom is -0.342 e. The molecule has 90 valence electrons. The molecule has 1 atom stereocenters. The summed E-state index contributed by atoms with van der Waals surface area (Å²) in [4.78, 5) is 11.0. The van der Waals surface area contributed by atoms with E-state index in [0.717, 1.165) is 23.9 Å². The second-order valence-electron chi connectivity index (χ2n) is 4.55. The van der Waals surface area contributed by atoms with Crippen LogP contribution in [0.2, 0.25) is 0 Å². The highest BCUT2D eigenvalue weighted by atomic mass is 35.5. The summed E-state index contributed by atoms with van der Waals surface area (Å²) in [6.45, 7) is 8.99. The fourth-order valence-corrected chi connectivity index (χ4v) is 1.71. The van der Waals surface area contributed by atoms with Crippen molar-refractivity contribution in [3.63, 3.8) is 0 Å². The molecule has 0 fully saturated rings. The Morgan fingerprint density at radius 3 is 2.44 bits per heavy atom. The van der Waals surface area contributed by atoms with Crippen LogP contribution in [0.25, 0.3) is 0 Å². The van der Waals surface area contributed by atoms with Crippen LogP contribution in [0, 0.1) is 6.92 Å². The number of aromatic nitrogens is 2. The molecule has 0 aliphatic carbocycles. The molecule has 0 aliphatic heterocycles. The fourth-order valence-electron chi connectivity index (χ4n) is 1.50. The maximum Gasteiger partial charge on any atom is 0.225 e. The molecule has 1 heterocycles. The Kier molecular flexibility index (Phi) is 4.54. The van der Waals surface area contributed by atoms with Crippen molar-refractivity contribution in [1.82, 2.24) is 9.97 Å². The van der Waals surface area contributed by atoms with E-state index in [1.54, 1.807) is 0 Å². The molecule has 0 radical (unpaired) electrons. The molecule has 0 saturated heterocycles. The van der Waals surface area contributed by atoms with Gasteiger partial charge in [0.2, 0.25) is 5.95 Å². The summed E-state index contributed by atoms with van der Waals surface area (Å²) in [5.74, 6) is 1.18. The molecule has 0 bridgehead atoms. The number of nitrogens with zero attached hydrogens (tertiary/aromatic N) is 3. The largest absolute Gasteiger partial charge is 0.342 e. The fraction of sp³-hybridized carbons (Fsp3) is 0.667. The molecule has 0 N–H and O–H groups in total. The Hall–Kier alpha value is -0.830. The predicted molar refractivity (Wildman–Crippen MR) is 69.4 cm³/mol. The first-order valence-electron chi connectivity index (χ1n) is 5.61. The van der Waals surface area contributed by atoms with Gasteiger partial charge in [0.1, 0.15) is 0 Å². The maximum atomic E-state index is 5.97. The van der Waals surface area contributed by atoms with E-state index in [1.807, 2.05) is 31.9 Å². The summed E-state index contributed by atoms with van der Waals surface area (Å²) in [5.41, 5.74) is 2.08. The minimum atomic E-state index is 0.0941. The van der Waals surface area contributed by atoms with Crippen LogP contribution in [-0.2, 0) is 0 Å². The van der Waals surface area contributed by atoms with Gasteiger partial charge < -0.3 is 4.90 Å². The Labute approximate surface area is 103 Å². The maximum absolute atomic E-state index is 5.97. The lowest BCUT2D eigenvalue weighted by Gasteiger charge is -2.20. The number of halogens is 1. The zero-order valence-corrected chi connectivity index (χ0v) is 11.4. The molecule has 0 saturated carbocycles. The summed E-state index contributed by atoms with van der Waals surface area (Å²) in [5, 5.41) is 0.0941. The van der Waals surface area contributed by atoms with Crippen LogP contribution in [0.5, 0.6) is 0 Å². The molecular formula is C12H20ClN3. The topological polar surface area (TPSA) is 29.0 Å². The molecule has 0 aromatic carbocycles. The van der Waals surface area contributed by atoms with Crippen molar-refractivity contribution in [3.8, 4) is 0 Å². The molecule has 3 nitrogen and oxygen atoms in total. The normalized spacial score (nSPS) is 12.9. The monoisotopic (exact) mass is 241 g/mol. The van der Waals surface area contributed by atoms with Crippen LogP contribution in [0.4, 0.5) is 5.95 Å². The number of hydrogen-bond acceptors (Lipinski definition) is 3. The van der Waals surface area contributed by atoms with Crippen molar-refractivity contribution in [2.45, 2.75) is 39.0 Å². The Morgan fingerprint density at radius 2 is 1.94 bits per heavy atom. The average molecular weight is 242 g/mol. The van der Waals surface area contributed by atoms with E-state index in [9.17, 15) is 0 Å². The molecule has 1 unspecified atom stereocenters. The summed E-state index contributed by atoms with van der Waals surface area (Å²) >= 11 is 5.97. The lowest BCUT2D eigenvalue weighted by Crippen LogP contribution is -2.26. The first-order chi connectivity index (χ1) is 7.40. The lowest BCUT2D eigenvalue weighted by atomic mass is 10.1. The van der Waals surface area contributed by atoms with Crippen LogP contribution < -0.4 is 4.90 Å². The molecule has 0 amide bonds. The van der Waals surface area contributed by atoms with Gasteiger partial charge in [-0.25, -0.2) is 9.97 Å². The van der Waals surface area contributed by atoms with Gasteiger partial charge in [-0.3, -0.25) is 0 Å². The van der Waals surface area contributed by atoms with E-state index < -0.39 is 0 Å². The van der Waals surface area contributed by atoms with Gasteiger partial charge in [0.25, 0.3) is 0 Å². The van der Waals surface area contributed by atoms with Gasteiger partial charge in [-0.1, -0.05) is 13.8 Å². The first kappa shape index (κ1) is 13.2. The van der Waals surface area contributed by atoms with Gasteiger partial charge in [-0.05, 0) is 25.8 Å². The zero-order chi connectivity index (χ0) is 12.3. The van der Waals surface area contributed by atoms with Gasteiger partial charge >= 0.3 is 0 Å². The molecular weight excluding hydrogens is 222 g/mol. The third-order valence-corrected chi connectivity index (χ3v) is 2.46. The van der Waals surface area contributed by atoms with E-state index in [2.05, 4.69) is 23.8 Å². The second-order valence-corrected chi connectivity index (χ2v) is 5.30. The van der Waals surface area contributed by atoms with E-state index >= 15 is 0 Å². The van der Waals surface area contributed by atoms with E-state index in [4.69, 9.17) is 11.6 Å². The van der Waals surface area contributed by atoms with Crippen molar-refractivity contribution in [2.75, 3.05) is 18.5 Å². The Morgan fingerprint density at radius 1 is 1.31 bits per heavy atom. The third-order valence-electron chi connectivity index (χ3n) is 2.32. The minimum absolute atomic E-state index is 0.0941. The van der Waals surface area contributed by atoms with Crippen molar-refractivity contribution >= 4 is 17.5 Å². The third kappa shape index (κ3) is 3.63. The summed E-state index contributed by atoms with van der Waals surface area (Å²) in [7, 11) is 1.97. The lowest BCUT2D eigenvalue weighted by molar-refractivity contribution is 0.773. The number of anilines is 1. The molecule has 0 aliphatic rings. The molecule has 16 heavy (non-hydrogen) atoms. The number of rotatable bonds is 4.